The molecule has 2 atom stereocenters. The summed E-state index contributed by atoms with van der Waals surface area (Å²) in [6.07, 6.45) is -2.38. The van der Waals surface area contributed by atoms with Crippen molar-refractivity contribution >= 4 is 16.6 Å². The maximum atomic E-state index is 12.3. The monoisotopic (exact) mass is 468 g/mol. The maximum absolute atomic E-state index is 12.3. The fourth-order valence-corrected chi connectivity index (χ4v) is 4.41. The Morgan fingerprint density at radius 1 is 1.19 bits per heavy atom. The normalized spacial score (nSPS) is 18.2. The van der Waals surface area contributed by atoms with Gasteiger partial charge in [-0.05, 0) is 33.7 Å². The van der Waals surface area contributed by atoms with Crippen LogP contribution in [0.5, 0.6) is 5.75 Å². The lowest BCUT2D eigenvalue weighted by Gasteiger charge is -2.21. The maximum Gasteiger partial charge on any atom is 0.573 e. The molecule has 0 bridgehead atoms. The van der Waals surface area contributed by atoms with E-state index in [-0.39, 0.29) is 35.6 Å². The van der Waals surface area contributed by atoms with Crippen LogP contribution in [-0.2, 0) is 28.7 Å². The lowest BCUT2D eigenvalue weighted by Crippen LogP contribution is -2.32. The number of imidazole rings is 1. The van der Waals surface area contributed by atoms with Crippen LogP contribution in [0.1, 0.15) is 5.69 Å². The third-order valence-electron chi connectivity index (χ3n) is 4.57. The van der Waals surface area contributed by atoms with Gasteiger partial charge in [0.2, 0.25) is 0 Å². The number of nitro groups is 1. The van der Waals surface area contributed by atoms with Crippen LogP contribution in [0, 0.1) is 10.1 Å². The number of pyridine rings is 1. The van der Waals surface area contributed by atoms with Crippen molar-refractivity contribution in [2.45, 2.75) is 30.8 Å². The molecule has 168 valence electrons. The Hall–Kier alpha value is -3.32. The Morgan fingerprint density at radius 3 is 2.53 bits per heavy atom. The zero-order chi connectivity index (χ0) is 22.9. The van der Waals surface area contributed by atoms with Crippen molar-refractivity contribution in [3.8, 4) is 16.9 Å². The zero-order valence-corrected chi connectivity index (χ0v) is 17.0. The van der Waals surface area contributed by atoms with E-state index < -0.39 is 28.2 Å². The summed E-state index contributed by atoms with van der Waals surface area (Å²) >= 11 is 0. The van der Waals surface area contributed by atoms with Gasteiger partial charge < -0.3 is 19.6 Å². The Labute approximate surface area is 181 Å². The highest BCUT2D eigenvalue weighted by Crippen LogP contribution is 2.26. The van der Waals surface area contributed by atoms with Gasteiger partial charge in [-0.15, -0.1) is 13.2 Å². The fraction of sp³-hybridized carbons (Fsp3) is 0.263. The topological polar surface area (TPSA) is 109 Å². The number of hydrogen-bond donors (Lipinski definition) is 0. The summed E-state index contributed by atoms with van der Waals surface area (Å²) in [5.41, 5.74) is 1.96. The molecule has 1 aliphatic rings. The van der Waals surface area contributed by atoms with E-state index >= 15 is 0 Å². The smallest absolute Gasteiger partial charge is 0.406 e. The summed E-state index contributed by atoms with van der Waals surface area (Å²) < 4.78 is 60.1. The molecule has 0 saturated carbocycles. The van der Waals surface area contributed by atoms with Gasteiger partial charge in [0, 0.05) is 11.8 Å². The van der Waals surface area contributed by atoms with Gasteiger partial charge in [0.15, 0.2) is 0 Å². The van der Waals surface area contributed by atoms with Crippen LogP contribution in [0.25, 0.3) is 11.1 Å². The summed E-state index contributed by atoms with van der Waals surface area (Å²) in [5.74, 6) is -0.502. The van der Waals surface area contributed by atoms with Gasteiger partial charge in [0.25, 0.3) is 0 Å². The lowest BCUT2D eigenvalue weighted by atomic mass is 10.1. The van der Waals surface area contributed by atoms with E-state index in [1.54, 1.807) is 18.3 Å². The van der Waals surface area contributed by atoms with E-state index in [9.17, 15) is 27.5 Å². The van der Waals surface area contributed by atoms with E-state index in [0.717, 1.165) is 0 Å². The van der Waals surface area contributed by atoms with Crippen molar-refractivity contribution < 1.29 is 31.8 Å². The first kappa shape index (κ1) is 21.9. The van der Waals surface area contributed by atoms with Gasteiger partial charge in [-0.25, -0.2) is 4.21 Å². The number of benzene rings is 1. The van der Waals surface area contributed by atoms with Crippen molar-refractivity contribution in [2.75, 3.05) is 5.75 Å². The molecular weight excluding hydrogens is 453 g/mol. The standard InChI is InChI=1S/C19H15F3N4O5S/c20-19(21,22)31-15-5-2-12(3-6-15)13-1-4-14(23-7-13)10-30-16-8-25-9-17(26(27)28)24-18(25)32(29)11-16/h1-7,9,16H,8,10-11H2. The molecule has 2 aromatic heterocycles. The Kier molecular flexibility index (Phi) is 5.93. The Balaban J connectivity index is 1.36. The summed E-state index contributed by atoms with van der Waals surface area (Å²) in [6.45, 7) is 0.416. The van der Waals surface area contributed by atoms with Crippen LogP contribution >= 0.6 is 0 Å². The predicted molar refractivity (Wildman–Crippen MR) is 105 cm³/mol. The van der Waals surface area contributed by atoms with Crippen LogP contribution in [0.2, 0.25) is 0 Å². The quantitative estimate of drug-likeness (QED) is 0.403. The second-order valence-electron chi connectivity index (χ2n) is 6.85. The van der Waals surface area contributed by atoms with Crippen molar-refractivity contribution in [3.05, 3.63) is 64.6 Å². The first-order chi connectivity index (χ1) is 15.2. The van der Waals surface area contributed by atoms with E-state index in [0.29, 0.717) is 16.8 Å². The predicted octanol–water partition coefficient (Wildman–Crippen LogP) is 3.46. The van der Waals surface area contributed by atoms with Gasteiger partial charge in [0.05, 0.1) is 30.7 Å². The third kappa shape index (κ3) is 5.11. The number of halogens is 3. The molecule has 13 heteroatoms. The highest BCUT2D eigenvalue weighted by molar-refractivity contribution is 7.84. The summed E-state index contributed by atoms with van der Waals surface area (Å²) in [7, 11) is -1.51. The van der Waals surface area contributed by atoms with Gasteiger partial charge in [-0.1, -0.05) is 18.2 Å². The average molecular weight is 468 g/mol. The molecule has 2 unspecified atom stereocenters. The molecular formula is C19H15F3N4O5S. The number of aromatic nitrogens is 3. The minimum atomic E-state index is -4.75. The molecule has 3 heterocycles. The third-order valence-corrected chi connectivity index (χ3v) is 5.98. The molecule has 3 aromatic rings. The molecule has 0 N–H and O–H groups in total. The van der Waals surface area contributed by atoms with Crippen LogP contribution in [-0.4, -0.2) is 41.9 Å². The molecule has 4 rings (SSSR count). The number of nitrogens with zero attached hydrogens (tertiary/aromatic N) is 4. The summed E-state index contributed by atoms with van der Waals surface area (Å²) in [6, 6.07) is 8.89. The van der Waals surface area contributed by atoms with Crippen molar-refractivity contribution in [2.24, 2.45) is 0 Å². The number of alkyl halides is 3. The van der Waals surface area contributed by atoms with Gasteiger partial charge >= 0.3 is 17.3 Å². The largest absolute Gasteiger partial charge is 0.573 e. The lowest BCUT2D eigenvalue weighted by molar-refractivity contribution is -0.389. The first-order valence-electron chi connectivity index (χ1n) is 9.20. The van der Waals surface area contributed by atoms with Crippen molar-refractivity contribution in [3.63, 3.8) is 0 Å². The van der Waals surface area contributed by atoms with Crippen LogP contribution in [0.15, 0.2) is 53.9 Å². The minimum absolute atomic E-state index is 0.132. The zero-order valence-electron chi connectivity index (χ0n) is 16.2. The second-order valence-corrected chi connectivity index (χ2v) is 8.24. The minimum Gasteiger partial charge on any atom is -0.406 e. The summed E-state index contributed by atoms with van der Waals surface area (Å²) in [5, 5.41) is 11.0. The van der Waals surface area contributed by atoms with E-state index in [2.05, 4.69) is 14.7 Å². The molecule has 1 aliphatic heterocycles. The van der Waals surface area contributed by atoms with Crippen LogP contribution < -0.4 is 4.74 Å². The highest BCUT2D eigenvalue weighted by atomic mass is 32.2. The molecule has 32 heavy (non-hydrogen) atoms. The number of hydrogen-bond acceptors (Lipinski definition) is 7. The van der Waals surface area contributed by atoms with Crippen molar-refractivity contribution in [1.82, 2.24) is 14.5 Å². The molecule has 0 aliphatic carbocycles. The van der Waals surface area contributed by atoms with E-state index in [1.807, 2.05) is 0 Å². The van der Waals surface area contributed by atoms with E-state index in [4.69, 9.17) is 4.74 Å². The van der Waals surface area contributed by atoms with Gasteiger partial charge in [-0.3, -0.25) is 9.55 Å². The molecule has 0 spiro atoms. The number of ether oxygens (including phenoxy) is 2. The van der Waals surface area contributed by atoms with E-state index in [1.165, 1.54) is 35.0 Å². The number of rotatable bonds is 6. The van der Waals surface area contributed by atoms with Crippen LogP contribution in [0.3, 0.4) is 0 Å². The number of fused-ring (bicyclic) bond motifs is 1. The Bertz CT molecular complexity index is 1150. The molecule has 0 fully saturated rings. The highest BCUT2D eigenvalue weighted by Gasteiger charge is 2.32. The fourth-order valence-electron chi connectivity index (χ4n) is 3.14. The Morgan fingerprint density at radius 2 is 1.91 bits per heavy atom. The first-order valence-corrected chi connectivity index (χ1v) is 10.5. The van der Waals surface area contributed by atoms with Gasteiger partial charge in [0.1, 0.15) is 22.7 Å². The average Bonchev–Trinajstić information content (AvgIpc) is 3.17. The molecule has 0 radical (unpaired) electrons. The van der Waals surface area contributed by atoms with Crippen LogP contribution in [0.4, 0.5) is 19.0 Å². The van der Waals surface area contributed by atoms with Crippen molar-refractivity contribution in [1.29, 1.82) is 0 Å². The molecule has 0 amide bonds. The molecule has 1 aromatic carbocycles. The SMILES string of the molecule is O=[N+]([O-])c1cn2c(n1)S(=O)CC(OCc1ccc(-c3ccc(OC(F)(F)F)cc3)cn1)C2. The molecule has 0 saturated heterocycles. The molecule has 9 nitrogen and oxygen atoms in total. The second kappa shape index (κ2) is 8.67. The summed E-state index contributed by atoms with van der Waals surface area (Å²) in [4.78, 5) is 18.3. The van der Waals surface area contributed by atoms with Gasteiger partial charge in [-0.2, -0.15) is 0 Å².